The first-order valence-corrected chi connectivity index (χ1v) is 6.48. The molecule has 5 nitrogen and oxygen atoms in total. The largest absolute Gasteiger partial charge is 0.347 e. The molecular formula is C13H18N4O. The van der Waals surface area contributed by atoms with E-state index in [1.807, 2.05) is 29.9 Å². The Bertz CT molecular complexity index is 511. The van der Waals surface area contributed by atoms with Gasteiger partial charge < -0.3 is 14.4 Å². The summed E-state index contributed by atoms with van der Waals surface area (Å²) >= 11 is 0. The number of hydrogen-bond acceptors (Lipinski definition) is 4. The molecule has 1 aliphatic heterocycles. The number of nitrogens with one attached hydrogen (secondary N) is 1. The number of piperidine rings is 1. The van der Waals surface area contributed by atoms with E-state index in [0.29, 0.717) is 11.8 Å². The lowest BCUT2D eigenvalue weighted by molar-refractivity contribution is 0.356. The van der Waals surface area contributed by atoms with Crippen LogP contribution in [0.1, 0.15) is 18.7 Å². The van der Waals surface area contributed by atoms with Gasteiger partial charge in [-0.05, 0) is 44.0 Å². The Morgan fingerprint density at radius 2 is 2.28 bits per heavy atom. The van der Waals surface area contributed by atoms with Gasteiger partial charge >= 0.3 is 0 Å². The first-order valence-electron chi connectivity index (χ1n) is 6.48. The molecule has 96 valence electrons. The maximum Gasteiger partial charge on any atom is 0.274 e. The highest BCUT2D eigenvalue weighted by Gasteiger charge is 2.18. The zero-order chi connectivity index (χ0) is 12.4. The topological polar surface area (TPSA) is 55.9 Å². The second kappa shape index (κ2) is 4.94. The van der Waals surface area contributed by atoms with Crippen molar-refractivity contribution < 1.29 is 4.52 Å². The Balaban J connectivity index is 1.71. The Morgan fingerprint density at radius 1 is 1.44 bits per heavy atom. The van der Waals surface area contributed by atoms with Crippen molar-refractivity contribution in [1.29, 1.82) is 0 Å². The minimum absolute atomic E-state index is 0.617. The summed E-state index contributed by atoms with van der Waals surface area (Å²) in [4.78, 5) is 4.49. The molecule has 1 N–H and O–H groups in total. The fourth-order valence-electron chi connectivity index (χ4n) is 2.47. The van der Waals surface area contributed by atoms with Crippen molar-refractivity contribution in [3.05, 3.63) is 24.2 Å². The molecule has 0 bridgehead atoms. The second-order valence-corrected chi connectivity index (χ2v) is 4.92. The van der Waals surface area contributed by atoms with Crippen molar-refractivity contribution in [2.24, 2.45) is 13.0 Å². The molecule has 5 heteroatoms. The molecule has 1 fully saturated rings. The molecule has 2 aromatic rings. The van der Waals surface area contributed by atoms with Crippen LogP contribution in [0.15, 0.2) is 22.9 Å². The van der Waals surface area contributed by atoms with Crippen LogP contribution in [0.25, 0.3) is 11.6 Å². The highest BCUT2D eigenvalue weighted by Crippen LogP contribution is 2.20. The van der Waals surface area contributed by atoms with Crippen LogP contribution in [0.3, 0.4) is 0 Å². The molecule has 0 amide bonds. The van der Waals surface area contributed by atoms with Gasteiger partial charge in [0.25, 0.3) is 5.89 Å². The van der Waals surface area contributed by atoms with Crippen molar-refractivity contribution in [3.8, 4) is 11.6 Å². The number of aromatic nitrogens is 3. The number of rotatable bonds is 3. The van der Waals surface area contributed by atoms with Gasteiger partial charge in [0, 0.05) is 19.7 Å². The van der Waals surface area contributed by atoms with E-state index >= 15 is 0 Å². The first-order chi connectivity index (χ1) is 8.83. The summed E-state index contributed by atoms with van der Waals surface area (Å²) in [6.07, 6.45) is 5.31. The zero-order valence-electron chi connectivity index (χ0n) is 10.6. The molecule has 18 heavy (non-hydrogen) atoms. The monoisotopic (exact) mass is 246 g/mol. The van der Waals surface area contributed by atoms with E-state index in [1.54, 1.807) is 0 Å². The number of nitrogens with zero attached hydrogens (tertiary/aromatic N) is 3. The smallest absolute Gasteiger partial charge is 0.274 e. The van der Waals surface area contributed by atoms with Gasteiger partial charge in [-0.15, -0.1) is 0 Å². The molecule has 1 aliphatic rings. The molecule has 0 aromatic carbocycles. The maximum atomic E-state index is 5.33. The van der Waals surface area contributed by atoms with E-state index in [1.165, 1.54) is 12.8 Å². The Labute approximate surface area is 106 Å². The summed E-state index contributed by atoms with van der Waals surface area (Å²) in [6.45, 7) is 2.21. The van der Waals surface area contributed by atoms with Crippen molar-refractivity contribution in [2.75, 3.05) is 13.1 Å². The van der Waals surface area contributed by atoms with Crippen molar-refractivity contribution in [2.45, 2.75) is 19.3 Å². The van der Waals surface area contributed by atoms with Crippen LogP contribution < -0.4 is 5.32 Å². The quantitative estimate of drug-likeness (QED) is 0.894. The lowest BCUT2D eigenvalue weighted by Crippen LogP contribution is -2.28. The van der Waals surface area contributed by atoms with Crippen LogP contribution >= 0.6 is 0 Å². The predicted octanol–water partition coefficient (Wildman–Crippen LogP) is 1.62. The van der Waals surface area contributed by atoms with Gasteiger partial charge in [-0.2, -0.15) is 4.98 Å². The van der Waals surface area contributed by atoms with Gasteiger partial charge in [0.1, 0.15) is 5.69 Å². The predicted molar refractivity (Wildman–Crippen MR) is 68.0 cm³/mol. The summed E-state index contributed by atoms with van der Waals surface area (Å²) in [5.41, 5.74) is 0.971. The van der Waals surface area contributed by atoms with Gasteiger partial charge in [-0.25, -0.2) is 0 Å². The average molecular weight is 246 g/mol. The normalized spacial score (nSPS) is 17.2. The summed E-state index contributed by atoms with van der Waals surface area (Å²) in [7, 11) is 1.98. The zero-order valence-corrected chi connectivity index (χ0v) is 10.6. The summed E-state index contributed by atoms with van der Waals surface area (Å²) < 4.78 is 7.32. The fraction of sp³-hybridized carbons (Fsp3) is 0.538. The summed E-state index contributed by atoms with van der Waals surface area (Å²) in [5.74, 6) is 2.13. The van der Waals surface area contributed by atoms with Crippen molar-refractivity contribution >= 4 is 0 Å². The van der Waals surface area contributed by atoms with E-state index in [4.69, 9.17) is 4.52 Å². The molecule has 2 aromatic heterocycles. The van der Waals surface area contributed by atoms with Gasteiger partial charge in [0.05, 0.1) is 0 Å². The summed E-state index contributed by atoms with van der Waals surface area (Å²) in [5, 5.41) is 7.46. The lowest BCUT2D eigenvalue weighted by Gasteiger charge is -2.20. The Hall–Kier alpha value is -1.62. The third-order valence-corrected chi connectivity index (χ3v) is 3.56. The SMILES string of the molecule is Cn1cccc1-c1nc(CC2CCNCC2)no1. The van der Waals surface area contributed by atoms with Gasteiger partial charge in [0.2, 0.25) is 0 Å². The van der Waals surface area contributed by atoms with E-state index < -0.39 is 0 Å². The highest BCUT2D eigenvalue weighted by molar-refractivity contribution is 5.47. The Morgan fingerprint density at radius 3 is 3.00 bits per heavy atom. The fourth-order valence-corrected chi connectivity index (χ4v) is 2.47. The van der Waals surface area contributed by atoms with Gasteiger partial charge in [-0.3, -0.25) is 0 Å². The van der Waals surface area contributed by atoms with E-state index in [2.05, 4.69) is 15.5 Å². The molecule has 3 heterocycles. The first kappa shape index (κ1) is 11.5. The Kier molecular flexibility index (Phi) is 3.15. The number of hydrogen-bond donors (Lipinski definition) is 1. The second-order valence-electron chi connectivity index (χ2n) is 4.92. The lowest BCUT2D eigenvalue weighted by atomic mass is 9.94. The van der Waals surface area contributed by atoms with Crippen LogP contribution in [0.4, 0.5) is 0 Å². The van der Waals surface area contributed by atoms with Crippen LogP contribution in [0.5, 0.6) is 0 Å². The molecule has 0 saturated carbocycles. The molecule has 0 atom stereocenters. The molecule has 0 radical (unpaired) electrons. The minimum Gasteiger partial charge on any atom is -0.347 e. The van der Waals surface area contributed by atoms with Crippen molar-refractivity contribution in [1.82, 2.24) is 20.0 Å². The minimum atomic E-state index is 0.617. The maximum absolute atomic E-state index is 5.33. The molecule has 0 spiro atoms. The molecule has 0 unspecified atom stereocenters. The average Bonchev–Trinajstić information content (AvgIpc) is 2.99. The van der Waals surface area contributed by atoms with Crippen LogP contribution in [0, 0.1) is 5.92 Å². The van der Waals surface area contributed by atoms with Gasteiger partial charge in [0.15, 0.2) is 5.82 Å². The molecule has 0 aliphatic carbocycles. The van der Waals surface area contributed by atoms with E-state index in [-0.39, 0.29) is 0 Å². The third-order valence-electron chi connectivity index (χ3n) is 3.56. The standard InChI is InChI=1S/C13H18N4O/c1-17-8-2-3-11(17)13-15-12(16-18-13)9-10-4-6-14-7-5-10/h2-3,8,10,14H,4-7,9H2,1H3. The van der Waals surface area contributed by atoms with Crippen molar-refractivity contribution in [3.63, 3.8) is 0 Å². The van der Waals surface area contributed by atoms with Crippen LogP contribution in [-0.2, 0) is 13.5 Å². The third kappa shape index (κ3) is 2.31. The summed E-state index contributed by atoms with van der Waals surface area (Å²) in [6, 6.07) is 3.97. The number of aryl methyl sites for hydroxylation is 1. The van der Waals surface area contributed by atoms with E-state index in [0.717, 1.165) is 31.0 Å². The van der Waals surface area contributed by atoms with Crippen LogP contribution in [0.2, 0.25) is 0 Å². The van der Waals surface area contributed by atoms with E-state index in [9.17, 15) is 0 Å². The highest BCUT2D eigenvalue weighted by atomic mass is 16.5. The molecular weight excluding hydrogens is 228 g/mol. The van der Waals surface area contributed by atoms with Crippen LogP contribution in [-0.4, -0.2) is 27.8 Å². The van der Waals surface area contributed by atoms with Gasteiger partial charge in [-0.1, -0.05) is 5.16 Å². The molecule has 3 rings (SSSR count). The molecule has 1 saturated heterocycles.